The topological polar surface area (TPSA) is 39.4 Å². The van der Waals surface area contributed by atoms with Crippen LogP contribution in [0.1, 0.15) is 5.56 Å². The molecule has 1 aromatic carbocycles. The maximum Gasteiger partial charge on any atom is 0.340 e. The van der Waals surface area contributed by atoms with Gasteiger partial charge in [-0.3, -0.25) is 0 Å². The minimum absolute atomic E-state index is 0.331. The summed E-state index contributed by atoms with van der Waals surface area (Å²) in [6.07, 6.45) is 0. The van der Waals surface area contributed by atoms with Gasteiger partial charge in [0.05, 0.1) is 7.11 Å². The van der Waals surface area contributed by atoms with Gasteiger partial charge < -0.3 is 9.15 Å². The fraction of sp³-hybridized carbons (Fsp3) is 0.182. The van der Waals surface area contributed by atoms with E-state index in [-0.39, 0.29) is 5.63 Å². The van der Waals surface area contributed by atoms with Crippen LogP contribution in [-0.2, 0) is 0 Å². The monoisotopic (exact) mass is 268 g/mol. The standard InChI is InChI=1S/C11H9BrO3/c1-6-10(12)8-4-3-7(14-2)5-9(8)15-11(6)13/h3-5H,1-2H3. The molecule has 0 spiro atoms. The van der Waals surface area contributed by atoms with Crippen molar-refractivity contribution in [3.05, 3.63) is 38.7 Å². The molecule has 3 nitrogen and oxygen atoms in total. The van der Waals surface area contributed by atoms with E-state index < -0.39 is 0 Å². The number of ether oxygens (including phenoxy) is 1. The molecule has 2 rings (SSSR count). The molecule has 0 unspecified atom stereocenters. The van der Waals surface area contributed by atoms with Gasteiger partial charge in [-0.2, -0.15) is 0 Å². The molecule has 0 fully saturated rings. The lowest BCUT2D eigenvalue weighted by atomic mass is 10.2. The number of methoxy groups -OCH3 is 1. The SMILES string of the molecule is COc1ccc2c(Br)c(C)c(=O)oc2c1. The molecule has 0 aliphatic rings. The van der Waals surface area contributed by atoms with Gasteiger partial charge in [-0.15, -0.1) is 0 Å². The van der Waals surface area contributed by atoms with Crippen LogP contribution in [-0.4, -0.2) is 7.11 Å². The molecule has 0 N–H and O–H groups in total. The normalized spacial score (nSPS) is 10.6. The molecule has 1 aromatic heterocycles. The molecule has 0 aliphatic carbocycles. The Balaban J connectivity index is 2.86. The second-order valence-corrected chi connectivity index (χ2v) is 3.98. The van der Waals surface area contributed by atoms with E-state index in [9.17, 15) is 4.79 Å². The van der Waals surface area contributed by atoms with E-state index in [1.54, 1.807) is 20.1 Å². The Morgan fingerprint density at radius 2 is 2.13 bits per heavy atom. The van der Waals surface area contributed by atoms with Gasteiger partial charge in [0, 0.05) is 21.5 Å². The Labute approximate surface area is 94.8 Å². The Bertz CT molecular complexity index is 572. The lowest BCUT2D eigenvalue weighted by Crippen LogP contribution is -2.03. The summed E-state index contributed by atoms with van der Waals surface area (Å²) in [5, 5.41) is 0.868. The van der Waals surface area contributed by atoms with Gasteiger partial charge in [0.2, 0.25) is 0 Å². The van der Waals surface area contributed by atoms with Gasteiger partial charge in [0.1, 0.15) is 11.3 Å². The van der Waals surface area contributed by atoms with Crippen LogP contribution < -0.4 is 10.4 Å². The quantitative estimate of drug-likeness (QED) is 0.747. The molecule has 0 bridgehead atoms. The Morgan fingerprint density at radius 3 is 2.80 bits per heavy atom. The van der Waals surface area contributed by atoms with Crippen LogP contribution in [0.4, 0.5) is 0 Å². The minimum atomic E-state index is -0.331. The van der Waals surface area contributed by atoms with Crippen molar-refractivity contribution >= 4 is 26.9 Å². The molecule has 1 heterocycles. The first-order chi connectivity index (χ1) is 7.13. The first kappa shape index (κ1) is 10.2. The molecule has 4 heteroatoms. The highest BCUT2D eigenvalue weighted by molar-refractivity contribution is 9.10. The molecule has 0 saturated heterocycles. The summed E-state index contributed by atoms with van der Waals surface area (Å²) in [6.45, 7) is 1.72. The van der Waals surface area contributed by atoms with Crippen LogP contribution in [0.5, 0.6) is 5.75 Å². The average Bonchev–Trinajstić information content (AvgIpc) is 2.25. The van der Waals surface area contributed by atoms with Crippen molar-refractivity contribution in [1.29, 1.82) is 0 Å². The summed E-state index contributed by atoms with van der Waals surface area (Å²) in [5.41, 5.74) is 0.770. The van der Waals surface area contributed by atoms with E-state index in [0.29, 0.717) is 16.9 Å². The van der Waals surface area contributed by atoms with Gasteiger partial charge in [-0.25, -0.2) is 4.79 Å². The number of hydrogen-bond acceptors (Lipinski definition) is 3. The zero-order chi connectivity index (χ0) is 11.0. The predicted molar refractivity (Wildman–Crippen MR) is 61.5 cm³/mol. The predicted octanol–water partition coefficient (Wildman–Crippen LogP) is 2.87. The summed E-state index contributed by atoms with van der Waals surface area (Å²) in [6, 6.07) is 5.38. The van der Waals surface area contributed by atoms with E-state index in [4.69, 9.17) is 9.15 Å². The summed E-state index contributed by atoms with van der Waals surface area (Å²) in [7, 11) is 1.57. The van der Waals surface area contributed by atoms with Crippen LogP contribution in [0, 0.1) is 6.92 Å². The number of benzene rings is 1. The molecule has 0 radical (unpaired) electrons. The smallest absolute Gasteiger partial charge is 0.340 e. The zero-order valence-corrected chi connectivity index (χ0v) is 9.92. The van der Waals surface area contributed by atoms with Crippen LogP contribution in [0.15, 0.2) is 31.9 Å². The highest BCUT2D eigenvalue weighted by Gasteiger charge is 2.08. The van der Waals surface area contributed by atoms with Gasteiger partial charge in [0.25, 0.3) is 0 Å². The van der Waals surface area contributed by atoms with Crippen LogP contribution >= 0.6 is 15.9 Å². The molecule has 0 aliphatic heterocycles. The maximum atomic E-state index is 11.4. The highest BCUT2D eigenvalue weighted by Crippen LogP contribution is 2.27. The molecule has 0 atom stereocenters. The third-order valence-electron chi connectivity index (χ3n) is 2.26. The minimum Gasteiger partial charge on any atom is -0.497 e. The van der Waals surface area contributed by atoms with Gasteiger partial charge >= 0.3 is 5.63 Å². The van der Waals surface area contributed by atoms with Crippen molar-refractivity contribution in [2.24, 2.45) is 0 Å². The van der Waals surface area contributed by atoms with Gasteiger partial charge in [-0.1, -0.05) is 0 Å². The van der Waals surface area contributed by atoms with E-state index >= 15 is 0 Å². The fourth-order valence-corrected chi connectivity index (χ4v) is 1.85. The summed E-state index contributed by atoms with van der Waals surface area (Å²) < 4.78 is 11.0. The van der Waals surface area contributed by atoms with Crippen molar-refractivity contribution in [3.63, 3.8) is 0 Å². The van der Waals surface area contributed by atoms with Crippen molar-refractivity contribution in [2.75, 3.05) is 7.11 Å². The largest absolute Gasteiger partial charge is 0.497 e. The number of rotatable bonds is 1. The average molecular weight is 269 g/mol. The van der Waals surface area contributed by atoms with Crippen LogP contribution in [0.2, 0.25) is 0 Å². The fourth-order valence-electron chi connectivity index (χ4n) is 1.36. The molecular weight excluding hydrogens is 260 g/mol. The van der Waals surface area contributed by atoms with E-state index in [1.807, 2.05) is 12.1 Å². The number of halogens is 1. The van der Waals surface area contributed by atoms with Gasteiger partial charge in [0.15, 0.2) is 0 Å². The lowest BCUT2D eigenvalue weighted by Gasteiger charge is -2.04. The number of fused-ring (bicyclic) bond motifs is 1. The van der Waals surface area contributed by atoms with Crippen LogP contribution in [0.3, 0.4) is 0 Å². The summed E-state index contributed by atoms with van der Waals surface area (Å²) in [4.78, 5) is 11.4. The third kappa shape index (κ3) is 1.65. The van der Waals surface area contributed by atoms with Crippen molar-refractivity contribution in [3.8, 4) is 5.75 Å². The van der Waals surface area contributed by atoms with E-state index in [2.05, 4.69) is 15.9 Å². The maximum absolute atomic E-state index is 11.4. The molecular formula is C11H9BrO3. The molecule has 0 saturated carbocycles. The third-order valence-corrected chi connectivity index (χ3v) is 3.29. The first-order valence-electron chi connectivity index (χ1n) is 4.40. The Hall–Kier alpha value is -1.29. The summed E-state index contributed by atoms with van der Waals surface area (Å²) >= 11 is 3.38. The zero-order valence-electron chi connectivity index (χ0n) is 8.33. The van der Waals surface area contributed by atoms with E-state index in [0.717, 1.165) is 9.86 Å². The lowest BCUT2D eigenvalue weighted by molar-refractivity contribution is 0.414. The Kier molecular flexibility index (Phi) is 2.52. The highest BCUT2D eigenvalue weighted by atomic mass is 79.9. The Morgan fingerprint density at radius 1 is 1.40 bits per heavy atom. The van der Waals surface area contributed by atoms with Crippen LogP contribution in [0.25, 0.3) is 11.0 Å². The second-order valence-electron chi connectivity index (χ2n) is 3.19. The molecule has 15 heavy (non-hydrogen) atoms. The van der Waals surface area contributed by atoms with Crippen molar-refractivity contribution in [1.82, 2.24) is 0 Å². The number of hydrogen-bond donors (Lipinski definition) is 0. The molecule has 78 valence electrons. The van der Waals surface area contributed by atoms with Gasteiger partial charge in [-0.05, 0) is 35.0 Å². The van der Waals surface area contributed by atoms with Crippen molar-refractivity contribution in [2.45, 2.75) is 6.92 Å². The first-order valence-corrected chi connectivity index (χ1v) is 5.19. The molecule has 2 aromatic rings. The van der Waals surface area contributed by atoms with Crippen molar-refractivity contribution < 1.29 is 9.15 Å². The second kappa shape index (κ2) is 3.70. The summed E-state index contributed by atoms with van der Waals surface area (Å²) in [5.74, 6) is 0.668. The van der Waals surface area contributed by atoms with E-state index in [1.165, 1.54) is 0 Å². The molecule has 0 amide bonds.